The minimum atomic E-state index is -3.75. The molecule has 0 radical (unpaired) electrons. The second-order valence-corrected chi connectivity index (χ2v) is 12.7. The quantitative estimate of drug-likeness (QED) is 0.611. The number of hydrogen-bond acceptors (Lipinski definition) is 7. The van der Waals surface area contributed by atoms with Crippen molar-refractivity contribution in [1.29, 1.82) is 0 Å². The molecule has 9 nitrogen and oxygen atoms in total. The zero-order chi connectivity index (χ0) is 22.8. The zero-order valence-corrected chi connectivity index (χ0v) is 20.2. The van der Waals surface area contributed by atoms with Crippen molar-refractivity contribution in [2.24, 2.45) is 0 Å². The van der Waals surface area contributed by atoms with Gasteiger partial charge in [-0.05, 0) is 29.6 Å². The Kier molecular flexibility index (Phi) is 7.41. The van der Waals surface area contributed by atoms with E-state index in [0.29, 0.717) is 36.1 Å². The predicted molar refractivity (Wildman–Crippen MR) is 120 cm³/mol. The highest BCUT2D eigenvalue weighted by Gasteiger charge is 2.29. The van der Waals surface area contributed by atoms with E-state index in [1.807, 2.05) is 4.90 Å². The van der Waals surface area contributed by atoms with Gasteiger partial charge in [0.15, 0.2) is 0 Å². The van der Waals surface area contributed by atoms with Crippen LogP contribution in [0, 0.1) is 0 Å². The van der Waals surface area contributed by atoms with Crippen LogP contribution in [0.1, 0.15) is 0 Å². The van der Waals surface area contributed by atoms with Crippen molar-refractivity contribution < 1.29 is 21.6 Å². The van der Waals surface area contributed by atoms with Gasteiger partial charge in [-0.25, -0.2) is 21.1 Å². The molecule has 13 heteroatoms. The zero-order valence-electron chi connectivity index (χ0n) is 17.0. The predicted octanol–water partition coefficient (Wildman–Crippen LogP) is 1.60. The van der Waals surface area contributed by atoms with Crippen molar-refractivity contribution in [3.05, 3.63) is 40.7 Å². The Morgan fingerprint density at radius 2 is 1.81 bits per heavy atom. The molecule has 0 atom stereocenters. The van der Waals surface area contributed by atoms with E-state index < -0.39 is 20.0 Å². The largest absolute Gasteiger partial charge is 0.325 e. The normalized spacial score (nSPS) is 16.5. The summed E-state index contributed by atoms with van der Waals surface area (Å²) in [5.41, 5.74) is 0.314. The van der Waals surface area contributed by atoms with Gasteiger partial charge < -0.3 is 5.32 Å². The van der Waals surface area contributed by atoms with Gasteiger partial charge >= 0.3 is 0 Å². The number of thiophene rings is 1. The number of carbonyl (C=O) groups is 1. The molecule has 0 unspecified atom stereocenters. The molecule has 2 heterocycles. The van der Waals surface area contributed by atoms with Gasteiger partial charge in [-0.2, -0.15) is 4.31 Å². The summed E-state index contributed by atoms with van der Waals surface area (Å²) in [6.07, 6.45) is 0. The molecule has 170 valence electrons. The molecule has 1 fully saturated rings. The molecule has 0 bridgehead atoms. The number of piperazine rings is 1. The van der Waals surface area contributed by atoms with Crippen LogP contribution >= 0.6 is 22.9 Å². The molecular formula is C18H23ClN4O5S3. The van der Waals surface area contributed by atoms with Crippen molar-refractivity contribution >= 4 is 54.6 Å². The summed E-state index contributed by atoms with van der Waals surface area (Å²) in [4.78, 5) is 14.2. The van der Waals surface area contributed by atoms with Gasteiger partial charge in [0, 0.05) is 46.0 Å². The molecule has 3 rings (SSSR count). The first-order chi connectivity index (χ1) is 14.5. The van der Waals surface area contributed by atoms with Gasteiger partial charge in [0.1, 0.15) is 9.10 Å². The maximum atomic E-state index is 12.6. The SMILES string of the molecule is CN(C)S(=O)(=O)c1cc(NC(=O)CN2CCN(S(=O)(=O)c3cccs3)CC2)ccc1Cl. The smallest absolute Gasteiger partial charge is 0.252 e. The third-order valence-corrected chi connectivity index (χ3v) is 10.3. The summed E-state index contributed by atoms with van der Waals surface area (Å²) in [7, 11) is -4.46. The topological polar surface area (TPSA) is 107 Å². The highest BCUT2D eigenvalue weighted by atomic mass is 35.5. The molecule has 1 aliphatic heterocycles. The molecule has 1 aliphatic rings. The lowest BCUT2D eigenvalue weighted by atomic mass is 10.3. The van der Waals surface area contributed by atoms with Crippen LogP contribution in [0.3, 0.4) is 0 Å². The molecule has 1 aromatic heterocycles. The van der Waals surface area contributed by atoms with E-state index >= 15 is 0 Å². The first-order valence-electron chi connectivity index (χ1n) is 9.30. The number of nitrogens with one attached hydrogen (secondary N) is 1. The van der Waals surface area contributed by atoms with Crippen LogP contribution in [0.15, 0.2) is 44.8 Å². The van der Waals surface area contributed by atoms with E-state index in [-0.39, 0.29) is 22.4 Å². The van der Waals surface area contributed by atoms with Gasteiger partial charge in [0.05, 0.1) is 11.6 Å². The Labute approximate surface area is 191 Å². The first kappa shape index (κ1) is 24.1. The average molecular weight is 507 g/mol. The Morgan fingerprint density at radius 1 is 1.13 bits per heavy atom. The number of benzene rings is 1. The Bertz CT molecular complexity index is 1140. The third kappa shape index (κ3) is 5.45. The number of halogens is 1. The number of amides is 1. The van der Waals surface area contributed by atoms with E-state index in [1.54, 1.807) is 17.5 Å². The Morgan fingerprint density at radius 3 is 2.39 bits per heavy atom. The van der Waals surface area contributed by atoms with Gasteiger partial charge in [-0.3, -0.25) is 9.69 Å². The maximum absolute atomic E-state index is 12.6. The maximum Gasteiger partial charge on any atom is 0.252 e. The summed E-state index contributed by atoms with van der Waals surface area (Å²) in [6, 6.07) is 7.55. The van der Waals surface area contributed by atoms with Crippen molar-refractivity contribution in [1.82, 2.24) is 13.5 Å². The number of nitrogens with zero attached hydrogens (tertiary/aromatic N) is 3. The van der Waals surface area contributed by atoms with Crippen LogP contribution in [0.2, 0.25) is 5.02 Å². The van der Waals surface area contributed by atoms with E-state index in [0.717, 1.165) is 4.31 Å². The number of rotatable bonds is 7. The van der Waals surface area contributed by atoms with Crippen molar-refractivity contribution in [2.75, 3.05) is 52.1 Å². The lowest BCUT2D eigenvalue weighted by Gasteiger charge is -2.33. The fourth-order valence-electron chi connectivity index (χ4n) is 3.04. The third-order valence-electron chi connectivity index (χ3n) is 4.76. The van der Waals surface area contributed by atoms with Crippen molar-refractivity contribution in [3.63, 3.8) is 0 Å². The fourth-order valence-corrected chi connectivity index (χ4v) is 7.01. The van der Waals surface area contributed by atoms with E-state index in [4.69, 9.17) is 11.6 Å². The molecule has 1 saturated heterocycles. The summed E-state index contributed by atoms with van der Waals surface area (Å²) in [6.45, 7) is 1.47. The van der Waals surface area contributed by atoms with Gasteiger partial charge in [-0.15, -0.1) is 11.3 Å². The molecule has 0 saturated carbocycles. The van der Waals surface area contributed by atoms with Crippen LogP contribution in [0.5, 0.6) is 0 Å². The van der Waals surface area contributed by atoms with Gasteiger partial charge in [0.25, 0.3) is 10.0 Å². The van der Waals surface area contributed by atoms with Gasteiger partial charge in [0.2, 0.25) is 15.9 Å². The molecular weight excluding hydrogens is 484 g/mol. The van der Waals surface area contributed by atoms with Crippen LogP contribution in [0.4, 0.5) is 5.69 Å². The number of hydrogen-bond donors (Lipinski definition) is 1. The van der Waals surface area contributed by atoms with Crippen molar-refractivity contribution in [2.45, 2.75) is 9.10 Å². The van der Waals surface area contributed by atoms with Crippen molar-refractivity contribution in [3.8, 4) is 0 Å². The summed E-state index contributed by atoms with van der Waals surface area (Å²) < 4.78 is 52.7. The van der Waals surface area contributed by atoms with E-state index in [2.05, 4.69) is 5.32 Å². The summed E-state index contributed by atoms with van der Waals surface area (Å²) in [5.74, 6) is -0.329. The van der Waals surface area contributed by atoms with Crippen LogP contribution in [-0.2, 0) is 24.8 Å². The molecule has 31 heavy (non-hydrogen) atoms. The lowest BCUT2D eigenvalue weighted by Crippen LogP contribution is -2.50. The number of sulfonamides is 2. The minimum absolute atomic E-state index is 0.0608. The Balaban J connectivity index is 1.59. The highest BCUT2D eigenvalue weighted by Crippen LogP contribution is 2.27. The molecule has 0 spiro atoms. The molecule has 1 aromatic carbocycles. The van der Waals surface area contributed by atoms with Crippen LogP contribution < -0.4 is 5.32 Å². The molecule has 2 aromatic rings. The monoisotopic (exact) mass is 506 g/mol. The van der Waals surface area contributed by atoms with Crippen LogP contribution in [-0.4, -0.2) is 83.1 Å². The van der Waals surface area contributed by atoms with E-state index in [1.165, 1.54) is 47.9 Å². The standard InChI is InChI=1S/C18H23ClN4O5S3/c1-21(2)30(25,26)16-12-14(5-6-15(16)19)20-17(24)13-22-7-9-23(10-8-22)31(27,28)18-4-3-11-29-18/h3-6,11-12H,7-10,13H2,1-2H3,(H,20,24). The van der Waals surface area contributed by atoms with Gasteiger partial charge in [-0.1, -0.05) is 17.7 Å². The lowest BCUT2D eigenvalue weighted by molar-refractivity contribution is -0.117. The molecule has 0 aliphatic carbocycles. The van der Waals surface area contributed by atoms with Crippen LogP contribution in [0.25, 0.3) is 0 Å². The second-order valence-electron chi connectivity index (χ2n) is 7.09. The number of carbonyl (C=O) groups excluding carboxylic acids is 1. The first-order valence-corrected chi connectivity index (χ1v) is 13.4. The minimum Gasteiger partial charge on any atom is -0.325 e. The van der Waals surface area contributed by atoms with E-state index in [9.17, 15) is 21.6 Å². The summed E-state index contributed by atoms with van der Waals surface area (Å²) in [5, 5.41) is 4.47. The second kappa shape index (κ2) is 9.53. The average Bonchev–Trinajstić information content (AvgIpc) is 3.25. The Hall–Kier alpha value is -1.54. The number of anilines is 1. The molecule has 1 N–H and O–H groups in total. The fraction of sp³-hybridized carbons (Fsp3) is 0.389. The highest BCUT2D eigenvalue weighted by molar-refractivity contribution is 7.91. The summed E-state index contributed by atoms with van der Waals surface area (Å²) >= 11 is 7.20. The molecule has 1 amide bonds.